The minimum Gasteiger partial charge on any atom is -0.308 e. The number of halogens is 1. The quantitative estimate of drug-likeness (QED) is 0.628. The van der Waals surface area contributed by atoms with Crippen molar-refractivity contribution in [1.82, 2.24) is 14.9 Å². The van der Waals surface area contributed by atoms with Crippen molar-refractivity contribution in [3.63, 3.8) is 0 Å². The van der Waals surface area contributed by atoms with E-state index in [0.29, 0.717) is 11.3 Å². The second-order valence-corrected chi connectivity index (χ2v) is 7.88. The predicted molar refractivity (Wildman–Crippen MR) is 111 cm³/mol. The Morgan fingerprint density at radius 3 is 2.46 bits per heavy atom. The van der Waals surface area contributed by atoms with E-state index in [4.69, 9.17) is 4.98 Å². The lowest BCUT2D eigenvalue weighted by Crippen LogP contribution is -2.30. The molecule has 4 nitrogen and oxygen atoms in total. The van der Waals surface area contributed by atoms with Gasteiger partial charge in [-0.1, -0.05) is 41.9 Å². The van der Waals surface area contributed by atoms with Gasteiger partial charge in [-0.15, -0.1) is 0 Å². The van der Waals surface area contributed by atoms with Crippen molar-refractivity contribution in [1.29, 1.82) is 0 Å². The zero-order valence-corrected chi connectivity index (χ0v) is 17.0. The van der Waals surface area contributed by atoms with Crippen molar-refractivity contribution in [2.24, 2.45) is 5.92 Å². The summed E-state index contributed by atoms with van der Waals surface area (Å²) in [5, 5.41) is 4.15. The third kappa shape index (κ3) is 4.05. The molecule has 0 amide bonds. The molecule has 0 fully saturated rings. The van der Waals surface area contributed by atoms with Gasteiger partial charge in [0.2, 0.25) is 0 Å². The highest BCUT2D eigenvalue weighted by Crippen LogP contribution is 2.20. The SMILES string of the molecule is CC(C)CCNC(C)c1nc2ccccc2c(=O)n1-c1ccc(Br)cc1. The van der Waals surface area contributed by atoms with Crippen LogP contribution in [-0.2, 0) is 0 Å². The van der Waals surface area contributed by atoms with Gasteiger partial charge < -0.3 is 5.32 Å². The summed E-state index contributed by atoms with van der Waals surface area (Å²) in [5.74, 6) is 1.37. The second kappa shape index (κ2) is 8.14. The lowest BCUT2D eigenvalue weighted by molar-refractivity contribution is 0.479. The molecule has 0 aliphatic rings. The van der Waals surface area contributed by atoms with Gasteiger partial charge in [-0.3, -0.25) is 9.36 Å². The third-order valence-corrected chi connectivity index (χ3v) is 4.97. The van der Waals surface area contributed by atoms with Crippen LogP contribution in [0.4, 0.5) is 0 Å². The van der Waals surface area contributed by atoms with Crippen LogP contribution in [0.3, 0.4) is 0 Å². The van der Waals surface area contributed by atoms with Crippen molar-refractivity contribution < 1.29 is 0 Å². The molecule has 1 aromatic heterocycles. The molecule has 0 aliphatic carbocycles. The van der Waals surface area contributed by atoms with E-state index in [1.54, 1.807) is 4.57 Å². The molecule has 0 radical (unpaired) electrons. The van der Waals surface area contributed by atoms with Crippen molar-refractivity contribution in [3.05, 3.63) is 69.2 Å². The molecule has 0 saturated heterocycles. The van der Waals surface area contributed by atoms with Crippen LogP contribution < -0.4 is 10.9 Å². The van der Waals surface area contributed by atoms with Gasteiger partial charge in [0.1, 0.15) is 5.82 Å². The Morgan fingerprint density at radius 2 is 1.77 bits per heavy atom. The summed E-state index contributed by atoms with van der Waals surface area (Å²) >= 11 is 3.46. The Morgan fingerprint density at radius 1 is 1.08 bits per heavy atom. The van der Waals surface area contributed by atoms with Crippen LogP contribution in [-0.4, -0.2) is 16.1 Å². The van der Waals surface area contributed by atoms with Crippen LogP contribution in [0.2, 0.25) is 0 Å². The number of hydrogen-bond acceptors (Lipinski definition) is 3. The average molecular weight is 414 g/mol. The molecule has 0 saturated carbocycles. The molecule has 1 heterocycles. The Bertz CT molecular complexity index is 948. The molecule has 26 heavy (non-hydrogen) atoms. The van der Waals surface area contributed by atoms with Gasteiger partial charge in [0.05, 0.1) is 22.6 Å². The van der Waals surface area contributed by atoms with Crippen LogP contribution in [0.5, 0.6) is 0 Å². The zero-order chi connectivity index (χ0) is 18.7. The summed E-state index contributed by atoms with van der Waals surface area (Å²) in [7, 11) is 0. The van der Waals surface area contributed by atoms with Gasteiger partial charge in [-0.05, 0) is 62.2 Å². The van der Waals surface area contributed by atoms with E-state index in [0.717, 1.165) is 34.5 Å². The second-order valence-electron chi connectivity index (χ2n) is 6.96. The Kier molecular flexibility index (Phi) is 5.89. The van der Waals surface area contributed by atoms with Gasteiger partial charge in [0.15, 0.2) is 0 Å². The first-order valence-corrected chi connectivity index (χ1v) is 9.77. The average Bonchev–Trinajstić information content (AvgIpc) is 2.62. The van der Waals surface area contributed by atoms with E-state index < -0.39 is 0 Å². The first kappa shape index (κ1) is 18.8. The molecule has 3 rings (SSSR count). The molecule has 0 bridgehead atoms. The summed E-state index contributed by atoms with van der Waals surface area (Å²) in [6.45, 7) is 7.37. The normalized spacial score (nSPS) is 12.7. The summed E-state index contributed by atoms with van der Waals surface area (Å²) in [4.78, 5) is 18.0. The molecule has 5 heteroatoms. The Balaban J connectivity index is 2.11. The molecule has 0 aliphatic heterocycles. The van der Waals surface area contributed by atoms with Crippen molar-refractivity contribution in [2.75, 3.05) is 6.54 Å². The van der Waals surface area contributed by atoms with Crippen LogP contribution >= 0.6 is 15.9 Å². The van der Waals surface area contributed by atoms with Crippen LogP contribution in [0.1, 0.15) is 39.1 Å². The molecule has 0 spiro atoms. The summed E-state index contributed by atoms with van der Waals surface area (Å²) in [5.41, 5.74) is 1.52. The number of nitrogens with one attached hydrogen (secondary N) is 1. The number of nitrogens with zero attached hydrogens (tertiary/aromatic N) is 2. The van der Waals surface area contributed by atoms with E-state index in [1.165, 1.54) is 0 Å². The smallest absolute Gasteiger partial charge is 0.266 e. The van der Waals surface area contributed by atoms with Gasteiger partial charge in [0, 0.05) is 4.47 Å². The maximum Gasteiger partial charge on any atom is 0.266 e. The van der Waals surface area contributed by atoms with Gasteiger partial charge >= 0.3 is 0 Å². The summed E-state index contributed by atoms with van der Waals surface area (Å²) < 4.78 is 2.70. The fourth-order valence-electron chi connectivity index (χ4n) is 2.96. The third-order valence-electron chi connectivity index (χ3n) is 4.45. The van der Waals surface area contributed by atoms with E-state index in [1.807, 2.05) is 48.5 Å². The molecule has 2 aromatic carbocycles. The number of hydrogen-bond donors (Lipinski definition) is 1. The zero-order valence-electron chi connectivity index (χ0n) is 15.4. The van der Waals surface area contributed by atoms with Crippen LogP contribution in [0, 0.1) is 5.92 Å². The number of para-hydroxylation sites is 1. The monoisotopic (exact) mass is 413 g/mol. The number of benzene rings is 2. The topological polar surface area (TPSA) is 46.9 Å². The highest BCUT2D eigenvalue weighted by Gasteiger charge is 2.17. The largest absolute Gasteiger partial charge is 0.308 e. The fourth-order valence-corrected chi connectivity index (χ4v) is 3.22. The fraction of sp³-hybridized carbons (Fsp3) is 0.333. The van der Waals surface area contributed by atoms with Crippen molar-refractivity contribution in [2.45, 2.75) is 33.2 Å². The van der Waals surface area contributed by atoms with Crippen LogP contribution in [0.25, 0.3) is 16.6 Å². The highest BCUT2D eigenvalue weighted by atomic mass is 79.9. The van der Waals surface area contributed by atoms with E-state index in [-0.39, 0.29) is 11.6 Å². The molecule has 3 aromatic rings. The van der Waals surface area contributed by atoms with E-state index >= 15 is 0 Å². The number of fused-ring (bicyclic) bond motifs is 1. The van der Waals surface area contributed by atoms with E-state index in [2.05, 4.69) is 42.0 Å². The number of aromatic nitrogens is 2. The standard InChI is InChI=1S/C21H24BrN3O/c1-14(2)12-13-23-15(3)20-24-19-7-5-4-6-18(19)21(26)25(20)17-10-8-16(22)9-11-17/h4-11,14-15,23H,12-13H2,1-3H3. The van der Waals surface area contributed by atoms with Gasteiger partial charge in [0.25, 0.3) is 5.56 Å². The molecule has 1 atom stereocenters. The summed E-state index contributed by atoms with van der Waals surface area (Å²) in [6, 6.07) is 15.2. The minimum atomic E-state index is -0.0366. The molecule has 136 valence electrons. The highest BCUT2D eigenvalue weighted by molar-refractivity contribution is 9.10. The van der Waals surface area contributed by atoms with Crippen LogP contribution in [0.15, 0.2) is 57.8 Å². The van der Waals surface area contributed by atoms with Gasteiger partial charge in [-0.2, -0.15) is 0 Å². The van der Waals surface area contributed by atoms with Crippen molar-refractivity contribution in [3.8, 4) is 5.69 Å². The number of rotatable bonds is 6. The maximum atomic E-state index is 13.2. The molecular formula is C21H24BrN3O. The first-order valence-electron chi connectivity index (χ1n) is 8.98. The molecule has 1 unspecified atom stereocenters. The maximum absolute atomic E-state index is 13.2. The Labute approximate surface area is 162 Å². The van der Waals surface area contributed by atoms with Gasteiger partial charge in [-0.25, -0.2) is 4.98 Å². The molecule has 1 N–H and O–H groups in total. The Hall–Kier alpha value is -1.98. The lowest BCUT2D eigenvalue weighted by Gasteiger charge is -2.20. The first-order chi connectivity index (χ1) is 12.5. The molecular weight excluding hydrogens is 390 g/mol. The minimum absolute atomic E-state index is 0.0327. The van der Waals surface area contributed by atoms with Crippen molar-refractivity contribution >= 4 is 26.8 Å². The predicted octanol–water partition coefficient (Wildman–Crippen LogP) is 4.84. The van der Waals surface area contributed by atoms with E-state index in [9.17, 15) is 4.79 Å². The lowest BCUT2D eigenvalue weighted by atomic mass is 10.1. The summed E-state index contributed by atoms with van der Waals surface area (Å²) in [6.07, 6.45) is 1.08.